The number of rotatable bonds is 4. The second-order valence-corrected chi connectivity index (χ2v) is 7.66. The number of nitrogens with zero attached hydrogens (tertiary/aromatic N) is 1. The fourth-order valence-corrected chi connectivity index (χ4v) is 4.55. The van der Waals surface area contributed by atoms with Crippen molar-refractivity contribution in [1.29, 1.82) is 0 Å². The first kappa shape index (κ1) is 15.9. The van der Waals surface area contributed by atoms with Gasteiger partial charge in [0.1, 0.15) is 15.6 Å². The molecule has 0 aromatic carbocycles. The minimum Gasteiger partial charge on any atom is -0.477 e. The number of sulfonamides is 1. The minimum atomic E-state index is -4.00. The van der Waals surface area contributed by atoms with Crippen molar-refractivity contribution in [1.82, 2.24) is 4.98 Å². The molecule has 0 radical (unpaired) electrons. The number of halogens is 1. The highest BCUT2D eigenvalue weighted by Crippen LogP contribution is 2.28. The Morgan fingerprint density at radius 1 is 1.38 bits per heavy atom. The summed E-state index contributed by atoms with van der Waals surface area (Å²) in [6.45, 7) is 3.35. The summed E-state index contributed by atoms with van der Waals surface area (Å²) in [7, 11) is -4.00. The third-order valence-corrected chi connectivity index (χ3v) is 6.25. The SMILES string of the molecule is Cc1cc(NS(=O)(=O)c2c(C)csc2C(=O)O)ncc1Br. The number of anilines is 1. The maximum absolute atomic E-state index is 12.4. The molecule has 2 rings (SSSR count). The van der Waals surface area contributed by atoms with Gasteiger partial charge in [-0.25, -0.2) is 18.2 Å². The summed E-state index contributed by atoms with van der Waals surface area (Å²) in [5.41, 5.74) is 1.20. The van der Waals surface area contributed by atoms with E-state index < -0.39 is 16.0 Å². The maximum Gasteiger partial charge on any atom is 0.347 e. The summed E-state index contributed by atoms with van der Waals surface area (Å²) in [6.07, 6.45) is 1.48. The van der Waals surface area contributed by atoms with Gasteiger partial charge in [0.25, 0.3) is 10.0 Å². The lowest BCUT2D eigenvalue weighted by molar-refractivity contribution is 0.0698. The molecule has 2 N–H and O–H groups in total. The van der Waals surface area contributed by atoms with Crippen LogP contribution in [0.5, 0.6) is 0 Å². The molecule has 0 aliphatic rings. The van der Waals surface area contributed by atoms with Crippen molar-refractivity contribution >= 4 is 49.1 Å². The van der Waals surface area contributed by atoms with E-state index in [-0.39, 0.29) is 15.6 Å². The molecule has 2 heterocycles. The number of carbonyl (C=O) groups is 1. The molecule has 112 valence electrons. The maximum atomic E-state index is 12.4. The third-order valence-electron chi connectivity index (χ3n) is 2.67. The number of aromatic carboxylic acids is 1. The fourth-order valence-electron chi connectivity index (χ4n) is 1.70. The van der Waals surface area contributed by atoms with Gasteiger partial charge in [-0.1, -0.05) is 0 Å². The molecule has 0 aliphatic carbocycles. The van der Waals surface area contributed by atoms with Gasteiger partial charge in [-0.15, -0.1) is 11.3 Å². The molecule has 0 amide bonds. The van der Waals surface area contributed by atoms with E-state index in [2.05, 4.69) is 25.6 Å². The Kier molecular flexibility index (Phi) is 4.35. The van der Waals surface area contributed by atoms with E-state index in [9.17, 15) is 13.2 Å². The molecule has 6 nitrogen and oxygen atoms in total. The molecule has 2 aromatic rings. The van der Waals surface area contributed by atoms with Crippen LogP contribution in [0, 0.1) is 13.8 Å². The number of aryl methyl sites for hydroxylation is 2. The standard InChI is InChI=1S/C12H11BrN2O4S2/c1-6-3-9(14-4-8(6)13)15-21(18,19)11-7(2)5-20-10(11)12(16)17/h3-5H,1-2H3,(H,14,15)(H,16,17). The van der Waals surface area contributed by atoms with E-state index in [0.29, 0.717) is 5.56 Å². The van der Waals surface area contributed by atoms with Gasteiger partial charge in [0.2, 0.25) is 0 Å². The van der Waals surface area contributed by atoms with Gasteiger partial charge >= 0.3 is 5.97 Å². The van der Waals surface area contributed by atoms with Crippen molar-refractivity contribution in [3.8, 4) is 0 Å². The Bertz CT molecular complexity index is 815. The van der Waals surface area contributed by atoms with Crippen LogP contribution < -0.4 is 4.72 Å². The summed E-state index contributed by atoms with van der Waals surface area (Å²) in [5, 5.41) is 10.6. The predicted molar refractivity (Wildman–Crippen MR) is 83.5 cm³/mol. The van der Waals surface area contributed by atoms with E-state index >= 15 is 0 Å². The zero-order chi connectivity index (χ0) is 15.8. The highest BCUT2D eigenvalue weighted by Gasteiger charge is 2.27. The second kappa shape index (κ2) is 5.74. The van der Waals surface area contributed by atoms with Crippen LogP contribution in [-0.4, -0.2) is 24.5 Å². The average Bonchev–Trinajstić information content (AvgIpc) is 2.76. The molecule has 0 saturated heterocycles. The number of carboxylic acids is 1. The molecular formula is C12H11BrN2O4S2. The number of aromatic nitrogens is 1. The van der Waals surface area contributed by atoms with Gasteiger partial charge in [0.15, 0.2) is 0 Å². The van der Waals surface area contributed by atoms with Gasteiger partial charge in [-0.3, -0.25) is 4.72 Å². The zero-order valence-electron chi connectivity index (χ0n) is 11.0. The van der Waals surface area contributed by atoms with E-state index in [1.54, 1.807) is 19.9 Å². The van der Waals surface area contributed by atoms with Crippen molar-refractivity contribution in [2.24, 2.45) is 0 Å². The van der Waals surface area contributed by atoms with E-state index in [1.807, 2.05) is 0 Å². The lowest BCUT2D eigenvalue weighted by atomic mass is 10.3. The van der Waals surface area contributed by atoms with Crippen molar-refractivity contribution < 1.29 is 18.3 Å². The van der Waals surface area contributed by atoms with Crippen molar-refractivity contribution in [3.63, 3.8) is 0 Å². The average molecular weight is 391 g/mol. The molecule has 0 unspecified atom stereocenters. The molecule has 0 atom stereocenters. The molecule has 21 heavy (non-hydrogen) atoms. The lowest BCUT2D eigenvalue weighted by Crippen LogP contribution is -2.17. The minimum absolute atomic E-state index is 0.137. The van der Waals surface area contributed by atoms with Crippen molar-refractivity contribution in [2.75, 3.05) is 4.72 Å². The van der Waals surface area contributed by atoms with E-state index in [0.717, 1.165) is 21.4 Å². The quantitative estimate of drug-likeness (QED) is 0.835. The number of hydrogen-bond donors (Lipinski definition) is 2. The van der Waals surface area contributed by atoms with Crippen LogP contribution in [0.25, 0.3) is 0 Å². The van der Waals surface area contributed by atoms with Gasteiger partial charge in [-0.2, -0.15) is 0 Å². The predicted octanol–water partition coefficient (Wildman–Crippen LogP) is 3.02. The lowest BCUT2D eigenvalue weighted by Gasteiger charge is -2.09. The van der Waals surface area contributed by atoms with Gasteiger partial charge in [0, 0.05) is 10.7 Å². The summed E-state index contributed by atoms with van der Waals surface area (Å²) in [5.74, 6) is -1.13. The topological polar surface area (TPSA) is 96.4 Å². The van der Waals surface area contributed by atoms with Crippen LogP contribution in [-0.2, 0) is 10.0 Å². The number of thiophene rings is 1. The van der Waals surface area contributed by atoms with Crippen LogP contribution in [0.3, 0.4) is 0 Å². The van der Waals surface area contributed by atoms with Crippen LogP contribution >= 0.6 is 27.3 Å². The normalized spacial score (nSPS) is 11.4. The Labute approximate surface area is 134 Å². The van der Waals surface area contributed by atoms with Crippen molar-refractivity contribution in [3.05, 3.63) is 38.1 Å². The van der Waals surface area contributed by atoms with E-state index in [4.69, 9.17) is 5.11 Å². The molecule has 0 spiro atoms. The van der Waals surface area contributed by atoms with Gasteiger partial charge in [-0.05, 0) is 52.4 Å². The monoisotopic (exact) mass is 390 g/mol. The summed E-state index contributed by atoms with van der Waals surface area (Å²) in [4.78, 5) is 14.7. The Morgan fingerprint density at radius 3 is 2.62 bits per heavy atom. The summed E-state index contributed by atoms with van der Waals surface area (Å²) < 4.78 is 27.8. The first-order chi connectivity index (χ1) is 9.72. The number of pyridine rings is 1. The largest absolute Gasteiger partial charge is 0.477 e. The summed E-state index contributed by atoms with van der Waals surface area (Å²) in [6, 6.07) is 1.56. The second-order valence-electron chi connectivity index (χ2n) is 4.31. The Morgan fingerprint density at radius 2 is 2.05 bits per heavy atom. The molecule has 0 saturated carbocycles. The van der Waals surface area contributed by atoms with Crippen molar-refractivity contribution in [2.45, 2.75) is 18.7 Å². The van der Waals surface area contributed by atoms with Gasteiger partial charge < -0.3 is 5.11 Å². The van der Waals surface area contributed by atoms with Crippen LogP contribution in [0.15, 0.2) is 27.0 Å². The van der Waals surface area contributed by atoms with Crippen LogP contribution in [0.2, 0.25) is 0 Å². The first-order valence-corrected chi connectivity index (χ1v) is 8.84. The highest BCUT2D eigenvalue weighted by molar-refractivity contribution is 9.10. The molecular weight excluding hydrogens is 380 g/mol. The fraction of sp³-hybridized carbons (Fsp3) is 0.167. The molecule has 0 bridgehead atoms. The van der Waals surface area contributed by atoms with Crippen LogP contribution in [0.1, 0.15) is 20.8 Å². The molecule has 0 aliphatic heterocycles. The number of hydrogen-bond acceptors (Lipinski definition) is 5. The number of nitrogens with one attached hydrogen (secondary N) is 1. The highest BCUT2D eigenvalue weighted by atomic mass is 79.9. The van der Waals surface area contributed by atoms with Crippen LogP contribution in [0.4, 0.5) is 5.82 Å². The Hall–Kier alpha value is -1.45. The third kappa shape index (κ3) is 3.25. The Balaban J connectivity index is 2.45. The van der Waals surface area contributed by atoms with Gasteiger partial charge in [0.05, 0.1) is 0 Å². The zero-order valence-corrected chi connectivity index (χ0v) is 14.3. The smallest absolute Gasteiger partial charge is 0.347 e. The summed E-state index contributed by atoms with van der Waals surface area (Å²) >= 11 is 4.15. The first-order valence-electron chi connectivity index (χ1n) is 5.68. The number of carboxylic acid groups (broad SMARTS) is 1. The molecule has 0 fully saturated rings. The van der Waals surface area contributed by atoms with E-state index in [1.165, 1.54) is 11.6 Å². The molecule has 9 heteroatoms. The molecule has 2 aromatic heterocycles.